The third-order valence-corrected chi connectivity index (χ3v) is 4.82. The highest BCUT2D eigenvalue weighted by atomic mass is 35.5. The number of ether oxygens (including phenoxy) is 1. The number of halogens is 1. The minimum Gasteiger partial charge on any atom is -0.496 e. The van der Waals surface area contributed by atoms with Crippen LogP contribution in [-0.4, -0.2) is 29.2 Å². The first-order chi connectivity index (χ1) is 12.6. The molecule has 5 nitrogen and oxygen atoms in total. The van der Waals surface area contributed by atoms with Gasteiger partial charge in [0.15, 0.2) is 5.82 Å². The van der Waals surface area contributed by atoms with Crippen molar-refractivity contribution in [2.45, 2.75) is 25.9 Å². The number of aromatic nitrogens is 2. The lowest BCUT2D eigenvalue weighted by Gasteiger charge is -2.24. The topological polar surface area (TPSA) is 51.4 Å². The lowest BCUT2D eigenvalue weighted by Crippen LogP contribution is -2.22. The molecule has 2 aromatic carbocycles. The van der Waals surface area contributed by atoms with E-state index >= 15 is 0 Å². The highest BCUT2D eigenvalue weighted by Crippen LogP contribution is 2.28. The third-order valence-electron chi connectivity index (χ3n) is 4.45. The summed E-state index contributed by atoms with van der Waals surface area (Å²) in [4.78, 5) is 6.64. The normalized spacial score (nSPS) is 12.3. The molecular weight excluding hydrogens is 350 g/mol. The number of methoxy groups -OCH3 is 1. The van der Waals surface area contributed by atoms with E-state index in [1.807, 2.05) is 49.5 Å². The summed E-state index contributed by atoms with van der Waals surface area (Å²) in [6, 6.07) is 15.8. The molecule has 6 heteroatoms. The maximum atomic E-state index is 6.20. The Morgan fingerprint density at radius 3 is 2.65 bits per heavy atom. The van der Waals surface area contributed by atoms with Crippen LogP contribution in [0.4, 0.5) is 0 Å². The van der Waals surface area contributed by atoms with Crippen molar-refractivity contribution in [3.8, 4) is 5.75 Å². The number of benzene rings is 2. The number of para-hydroxylation sites is 1. The molecule has 0 radical (unpaired) electrons. The SMILES string of the molecule is COc1ccccc1[C@@H](C)N(C)Cc1nc(Cc2ccccc2Cl)no1. The van der Waals surface area contributed by atoms with Crippen molar-refractivity contribution in [1.29, 1.82) is 0 Å². The Morgan fingerprint density at radius 2 is 1.88 bits per heavy atom. The summed E-state index contributed by atoms with van der Waals surface area (Å²) in [7, 11) is 3.71. The van der Waals surface area contributed by atoms with Gasteiger partial charge >= 0.3 is 0 Å². The van der Waals surface area contributed by atoms with E-state index in [1.54, 1.807) is 7.11 Å². The molecule has 0 N–H and O–H groups in total. The van der Waals surface area contributed by atoms with E-state index in [9.17, 15) is 0 Å². The summed E-state index contributed by atoms with van der Waals surface area (Å²) in [5.74, 6) is 2.08. The molecule has 0 aliphatic rings. The molecule has 136 valence electrons. The van der Waals surface area contributed by atoms with E-state index in [-0.39, 0.29) is 6.04 Å². The largest absolute Gasteiger partial charge is 0.496 e. The fourth-order valence-corrected chi connectivity index (χ4v) is 3.04. The number of nitrogens with zero attached hydrogens (tertiary/aromatic N) is 3. The fourth-order valence-electron chi connectivity index (χ4n) is 2.84. The van der Waals surface area contributed by atoms with Crippen LogP contribution in [0.25, 0.3) is 0 Å². The molecule has 1 atom stereocenters. The average molecular weight is 372 g/mol. The van der Waals surface area contributed by atoms with Crippen LogP contribution in [0.2, 0.25) is 5.02 Å². The van der Waals surface area contributed by atoms with Crippen LogP contribution in [-0.2, 0) is 13.0 Å². The fraction of sp³-hybridized carbons (Fsp3) is 0.300. The molecule has 0 unspecified atom stereocenters. The van der Waals surface area contributed by atoms with Gasteiger partial charge in [0.25, 0.3) is 0 Å². The molecule has 3 rings (SSSR count). The Balaban J connectivity index is 1.67. The predicted molar refractivity (Wildman–Crippen MR) is 101 cm³/mol. The maximum Gasteiger partial charge on any atom is 0.240 e. The zero-order valence-corrected chi connectivity index (χ0v) is 15.9. The standard InChI is InChI=1S/C20H22ClN3O2/c1-14(16-9-5-7-11-18(16)25-3)24(2)13-20-22-19(23-26-20)12-15-8-4-6-10-17(15)21/h4-11,14H,12-13H2,1-3H3/t14-/m1/s1. The summed E-state index contributed by atoms with van der Waals surface area (Å²) in [5, 5.41) is 4.78. The monoisotopic (exact) mass is 371 g/mol. The van der Waals surface area contributed by atoms with Gasteiger partial charge in [-0.2, -0.15) is 4.98 Å². The van der Waals surface area contributed by atoms with Crippen molar-refractivity contribution >= 4 is 11.6 Å². The van der Waals surface area contributed by atoms with Gasteiger partial charge in [-0.05, 0) is 31.7 Å². The summed E-state index contributed by atoms with van der Waals surface area (Å²) in [5.41, 5.74) is 2.10. The lowest BCUT2D eigenvalue weighted by molar-refractivity contribution is 0.212. The zero-order chi connectivity index (χ0) is 18.5. The van der Waals surface area contributed by atoms with E-state index in [2.05, 4.69) is 28.0 Å². The Kier molecular flexibility index (Phi) is 5.91. The molecule has 1 heterocycles. The second-order valence-corrected chi connectivity index (χ2v) is 6.61. The second-order valence-electron chi connectivity index (χ2n) is 6.21. The van der Waals surface area contributed by atoms with Gasteiger partial charge in [0, 0.05) is 23.0 Å². The van der Waals surface area contributed by atoms with Crippen molar-refractivity contribution in [3.05, 3.63) is 76.4 Å². The molecular formula is C20H22ClN3O2. The number of rotatable bonds is 7. The van der Waals surface area contributed by atoms with Crippen LogP contribution in [0.1, 0.15) is 35.8 Å². The van der Waals surface area contributed by atoms with Crippen molar-refractivity contribution < 1.29 is 9.26 Å². The van der Waals surface area contributed by atoms with E-state index in [0.29, 0.717) is 29.7 Å². The van der Waals surface area contributed by atoms with Gasteiger partial charge in [-0.25, -0.2) is 0 Å². The van der Waals surface area contributed by atoms with Gasteiger partial charge in [0.2, 0.25) is 5.89 Å². The minimum atomic E-state index is 0.144. The first-order valence-electron chi connectivity index (χ1n) is 8.46. The smallest absolute Gasteiger partial charge is 0.240 e. The van der Waals surface area contributed by atoms with E-state index in [4.69, 9.17) is 20.9 Å². The lowest BCUT2D eigenvalue weighted by atomic mass is 10.1. The minimum absolute atomic E-state index is 0.144. The van der Waals surface area contributed by atoms with Crippen molar-refractivity contribution in [2.75, 3.05) is 14.2 Å². The van der Waals surface area contributed by atoms with Crippen LogP contribution >= 0.6 is 11.6 Å². The number of hydrogen-bond acceptors (Lipinski definition) is 5. The summed E-state index contributed by atoms with van der Waals surface area (Å²) < 4.78 is 10.9. The Hall–Kier alpha value is -2.37. The molecule has 0 aliphatic carbocycles. The first-order valence-corrected chi connectivity index (χ1v) is 8.84. The highest BCUT2D eigenvalue weighted by molar-refractivity contribution is 6.31. The number of hydrogen-bond donors (Lipinski definition) is 0. The zero-order valence-electron chi connectivity index (χ0n) is 15.1. The molecule has 1 aromatic heterocycles. The molecule has 0 aliphatic heterocycles. The van der Waals surface area contributed by atoms with Crippen molar-refractivity contribution in [2.24, 2.45) is 0 Å². The Labute approximate surface area is 158 Å². The van der Waals surface area contributed by atoms with Gasteiger partial charge in [-0.1, -0.05) is 53.2 Å². The van der Waals surface area contributed by atoms with Crippen molar-refractivity contribution in [3.63, 3.8) is 0 Å². The van der Waals surface area contributed by atoms with Crippen LogP contribution in [0.3, 0.4) is 0 Å². The van der Waals surface area contributed by atoms with Crippen LogP contribution in [0, 0.1) is 0 Å². The molecule has 26 heavy (non-hydrogen) atoms. The molecule has 3 aromatic rings. The van der Waals surface area contributed by atoms with Gasteiger partial charge in [-0.3, -0.25) is 4.90 Å². The average Bonchev–Trinajstić information content (AvgIpc) is 3.09. The summed E-state index contributed by atoms with van der Waals surface area (Å²) >= 11 is 6.20. The third kappa shape index (κ3) is 4.23. The van der Waals surface area contributed by atoms with Crippen molar-refractivity contribution in [1.82, 2.24) is 15.0 Å². The summed E-state index contributed by atoms with van der Waals surface area (Å²) in [6.45, 7) is 2.67. The second kappa shape index (κ2) is 8.34. The molecule has 0 amide bonds. The van der Waals surface area contributed by atoms with Crippen LogP contribution in [0.5, 0.6) is 5.75 Å². The van der Waals surface area contributed by atoms with E-state index < -0.39 is 0 Å². The molecule has 0 saturated carbocycles. The molecule has 0 spiro atoms. The van der Waals surface area contributed by atoms with Gasteiger partial charge in [-0.15, -0.1) is 0 Å². The van der Waals surface area contributed by atoms with E-state index in [1.165, 1.54) is 0 Å². The Bertz CT molecular complexity index is 866. The van der Waals surface area contributed by atoms with Gasteiger partial charge in [0.1, 0.15) is 5.75 Å². The van der Waals surface area contributed by atoms with E-state index in [0.717, 1.165) is 16.9 Å². The quantitative estimate of drug-likeness (QED) is 0.611. The molecule has 0 bridgehead atoms. The predicted octanol–water partition coefficient (Wildman–Crippen LogP) is 4.52. The summed E-state index contributed by atoms with van der Waals surface area (Å²) in [6.07, 6.45) is 0.551. The molecule has 0 fully saturated rings. The maximum absolute atomic E-state index is 6.20. The molecule has 0 saturated heterocycles. The van der Waals surface area contributed by atoms with Gasteiger partial charge < -0.3 is 9.26 Å². The first kappa shape index (κ1) is 18.4. The van der Waals surface area contributed by atoms with Crippen LogP contribution < -0.4 is 4.74 Å². The highest BCUT2D eigenvalue weighted by Gasteiger charge is 2.18. The van der Waals surface area contributed by atoms with Gasteiger partial charge in [0.05, 0.1) is 13.7 Å². The van der Waals surface area contributed by atoms with Crippen LogP contribution in [0.15, 0.2) is 53.1 Å². The Morgan fingerprint density at radius 1 is 1.15 bits per heavy atom.